The zero-order chi connectivity index (χ0) is 9.80. The quantitative estimate of drug-likeness (QED) is 0.739. The fourth-order valence-corrected chi connectivity index (χ4v) is 1.25. The van der Waals surface area contributed by atoms with E-state index in [9.17, 15) is 0 Å². The van der Waals surface area contributed by atoms with Crippen LogP contribution in [0.15, 0.2) is 42.7 Å². The van der Waals surface area contributed by atoms with Crippen LogP contribution < -0.4 is 5.90 Å². The highest BCUT2D eigenvalue weighted by atomic mass is 16.6. The lowest BCUT2D eigenvalue weighted by Gasteiger charge is -1.98. The number of nitrogens with two attached hydrogens (primary N) is 1. The summed E-state index contributed by atoms with van der Waals surface area (Å²) in [4.78, 5) is 4.52. The third kappa shape index (κ3) is 1.81. The normalized spacial score (nSPS) is 10.4. The van der Waals surface area contributed by atoms with E-state index in [4.69, 9.17) is 5.90 Å². The molecule has 0 aliphatic rings. The van der Waals surface area contributed by atoms with Crippen LogP contribution in [0.4, 0.5) is 0 Å². The zero-order valence-electron chi connectivity index (χ0n) is 7.63. The molecule has 4 heteroatoms. The Morgan fingerprint density at radius 3 is 2.79 bits per heavy atom. The molecule has 0 unspecified atom stereocenters. The van der Waals surface area contributed by atoms with Crippen molar-refractivity contribution in [2.75, 3.05) is 0 Å². The fourth-order valence-electron chi connectivity index (χ4n) is 1.25. The highest BCUT2D eigenvalue weighted by Crippen LogP contribution is 2.07. The first-order valence-corrected chi connectivity index (χ1v) is 4.31. The number of hydrogen-bond donors (Lipinski definition) is 1. The SMILES string of the molecule is NOCc1cnn(-c2ccccc2)c1. The van der Waals surface area contributed by atoms with E-state index in [-0.39, 0.29) is 0 Å². The van der Waals surface area contributed by atoms with Crippen LogP contribution in [-0.2, 0) is 11.4 Å². The van der Waals surface area contributed by atoms with Crippen molar-refractivity contribution in [3.63, 3.8) is 0 Å². The molecule has 0 spiro atoms. The minimum Gasteiger partial charge on any atom is -0.300 e. The average molecular weight is 189 g/mol. The van der Waals surface area contributed by atoms with Gasteiger partial charge in [0.15, 0.2) is 0 Å². The minimum absolute atomic E-state index is 0.382. The van der Waals surface area contributed by atoms with Crippen molar-refractivity contribution in [2.24, 2.45) is 5.90 Å². The second-order valence-corrected chi connectivity index (χ2v) is 2.94. The van der Waals surface area contributed by atoms with Gasteiger partial charge in [-0.15, -0.1) is 0 Å². The molecule has 0 saturated carbocycles. The van der Waals surface area contributed by atoms with E-state index in [1.54, 1.807) is 10.9 Å². The van der Waals surface area contributed by atoms with Crippen molar-refractivity contribution in [3.05, 3.63) is 48.3 Å². The molecule has 0 aliphatic carbocycles. The predicted molar refractivity (Wildman–Crippen MR) is 52.5 cm³/mol. The van der Waals surface area contributed by atoms with E-state index >= 15 is 0 Å². The molecule has 0 saturated heterocycles. The molecular formula is C10H11N3O. The summed E-state index contributed by atoms with van der Waals surface area (Å²) in [6.07, 6.45) is 3.63. The predicted octanol–water partition coefficient (Wildman–Crippen LogP) is 1.26. The Morgan fingerprint density at radius 2 is 2.07 bits per heavy atom. The van der Waals surface area contributed by atoms with E-state index in [0.717, 1.165) is 11.3 Å². The monoisotopic (exact) mass is 189 g/mol. The van der Waals surface area contributed by atoms with Crippen LogP contribution in [0.2, 0.25) is 0 Å². The van der Waals surface area contributed by atoms with E-state index < -0.39 is 0 Å². The van der Waals surface area contributed by atoms with Gasteiger partial charge in [-0.1, -0.05) is 18.2 Å². The Kier molecular flexibility index (Phi) is 2.58. The van der Waals surface area contributed by atoms with Gasteiger partial charge in [-0.05, 0) is 12.1 Å². The van der Waals surface area contributed by atoms with Gasteiger partial charge in [0.1, 0.15) is 0 Å². The van der Waals surface area contributed by atoms with Crippen molar-refractivity contribution in [1.29, 1.82) is 0 Å². The molecule has 0 amide bonds. The second kappa shape index (κ2) is 4.04. The molecule has 0 radical (unpaired) electrons. The first kappa shape index (κ1) is 8.93. The smallest absolute Gasteiger partial charge is 0.0960 e. The molecule has 0 aliphatic heterocycles. The number of aromatic nitrogens is 2. The van der Waals surface area contributed by atoms with Crippen LogP contribution in [0.5, 0.6) is 0 Å². The van der Waals surface area contributed by atoms with Crippen LogP contribution in [0.25, 0.3) is 5.69 Å². The second-order valence-electron chi connectivity index (χ2n) is 2.94. The lowest BCUT2D eigenvalue weighted by Crippen LogP contribution is -1.97. The summed E-state index contributed by atoms with van der Waals surface area (Å²) < 4.78 is 1.79. The third-order valence-electron chi connectivity index (χ3n) is 1.91. The highest BCUT2D eigenvalue weighted by molar-refractivity contribution is 5.30. The molecule has 1 heterocycles. The summed E-state index contributed by atoms with van der Waals surface area (Å²) in [7, 11) is 0. The summed E-state index contributed by atoms with van der Waals surface area (Å²) in [6.45, 7) is 0.382. The molecule has 1 aromatic heterocycles. The fraction of sp³-hybridized carbons (Fsp3) is 0.100. The first-order chi connectivity index (χ1) is 6.90. The number of para-hydroxylation sites is 1. The van der Waals surface area contributed by atoms with Crippen LogP contribution in [0.3, 0.4) is 0 Å². The molecule has 0 bridgehead atoms. The summed E-state index contributed by atoms with van der Waals surface area (Å²) in [5, 5.41) is 4.19. The summed E-state index contributed by atoms with van der Waals surface area (Å²) in [5.74, 6) is 4.97. The largest absolute Gasteiger partial charge is 0.300 e. The Morgan fingerprint density at radius 1 is 1.29 bits per heavy atom. The lowest BCUT2D eigenvalue weighted by atomic mass is 10.3. The first-order valence-electron chi connectivity index (χ1n) is 4.31. The van der Waals surface area contributed by atoms with Gasteiger partial charge in [-0.25, -0.2) is 10.6 Å². The van der Waals surface area contributed by atoms with Gasteiger partial charge in [0.2, 0.25) is 0 Å². The molecule has 2 N–H and O–H groups in total. The van der Waals surface area contributed by atoms with Crippen LogP contribution >= 0.6 is 0 Å². The minimum atomic E-state index is 0.382. The van der Waals surface area contributed by atoms with Crippen LogP contribution in [0, 0.1) is 0 Å². The van der Waals surface area contributed by atoms with Crippen molar-refractivity contribution in [2.45, 2.75) is 6.61 Å². The zero-order valence-corrected chi connectivity index (χ0v) is 7.63. The van der Waals surface area contributed by atoms with E-state index in [1.807, 2.05) is 36.5 Å². The molecule has 2 rings (SSSR count). The third-order valence-corrected chi connectivity index (χ3v) is 1.91. The Hall–Kier alpha value is -1.65. The van der Waals surface area contributed by atoms with Crippen molar-refractivity contribution >= 4 is 0 Å². The molecule has 14 heavy (non-hydrogen) atoms. The maximum atomic E-state index is 4.97. The van der Waals surface area contributed by atoms with E-state index in [2.05, 4.69) is 9.94 Å². The number of nitrogens with zero attached hydrogens (tertiary/aromatic N) is 2. The molecule has 1 aromatic carbocycles. The van der Waals surface area contributed by atoms with Crippen molar-refractivity contribution < 1.29 is 4.84 Å². The van der Waals surface area contributed by atoms with Gasteiger partial charge in [-0.2, -0.15) is 5.10 Å². The summed E-state index contributed by atoms with van der Waals surface area (Å²) in [6, 6.07) is 9.88. The number of benzene rings is 1. The Balaban J connectivity index is 2.25. The van der Waals surface area contributed by atoms with Gasteiger partial charge >= 0.3 is 0 Å². The molecule has 2 aromatic rings. The molecule has 72 valence electrons. The van der Waals surface area contributed by atoms with Gasteiger partial charge in [0, 0.05) is 11.8 Å². The number of rotatable bonds is 3. The molecule has 0 fully saturated rings. The molecular weight excluding hydrogens is 178 g/mol. The molecule has 0 atom stereocenters. The van der Waals surface area contributed by atoms with Crippen LogP contribution in [0.1, 0.15) is 5.56 Å². The molecule has 4 nitrogen and oxygen atoms in total. The van der Waals surface area contributed by atoms with Crippen molar-refractivity contribution in [1.82, 2.24) is 9.78 Å². The van der Waals surface area contributed by atoms with Gasteiger partial charge < -0.3 is 0 Å². The van der Waals surface area contributed by atoms with E-state index in [0.29, 0.717) is 6.61 Å². The Labute approximate surface area is 81.9 Å². The lowest BCUT2D eigenvalue weighted by molar-refractivity contribution is 0.124. The van der Waals surface area contributed by atoms with Gasteiger partial charge in [0.25, 0.3) is 0 Å². The van der Waals surface area contributed by atoms with Gasteiger partial charge in [0.05, 0.1) is 18.5 Å². The standard InChI is InChI=1S/C10H11N3O/c11-14-8-9-6-12-13(7-9)10-4-2-1-3-5-10/h1-7H,8,11H2. The van der Waals surface area contributed by atoms with Crippen molar-refractivity contribution in [3.8, 4) is 5.69 Å². The topological polar surface area (TPSA) is 53.1 Å². The average Bonchev–Trinajstić information content (AvgIpc) is 2.68. The van der Waals surface area contributed by atoms with E-state index in [1.165, 1.54) is 0 Å². The highest BCUT2D eigenvalue weighted by Gasteiger charge is 1.99. The Bertz CT molecular complexity index is 397. The number of hydrogen-bond acceptors (Lipinski definition) is 3. The van der Waals surface area contributed by atoms with Gasteiger partial charge in [-0.3, -0.25) is 4.84 Å². The summed E-state index contributed by atoms with van der Waals surface area (Å²) in [5.41, 5.74) is 1.98. The maximum Gasteiger partial charge on any atom is 0.0960 e. The maximum absolute atomic E-state index is 4.97. The van der Waals surface area contributed by atoms with Crippen LogP contribution in [-0.4, -0.2) is 9.78 Å². The summed E-state index contributed by atoms with van der Waals surface area (Å²) >= 11 is 0.